The highest BCUT2D eigenvalue weighted by Gasteiger charge is 2.50. The summed E-state index contributed by atoms with van der Waals surface area (Å²) >= 11 is 0. The van der Waals surface area contributed by atoms with Gasteiger partial charge in [0, 0.05) is 0 Å². The summed E-state index contributed by atoms with van der Waals surface area (Å²) in [5.74, 6) is 1.70. The van der Waals surface area contributed by atoms with Crippen LogP contribution in [0.2, 0.25) is 0 Å². The molecule has 2 saturated carbocycles. The predicted octanol–water partition coefficient (Wildman–Crippen LogP) is 3.03. The Balaban J connectivity index is 2.23. The summed E-state index contributed by atoms with van der Waals surface area (Å²) in [4.78, 5) is 0. The number of hydrogen-bond donors (Lipinski definition) is 0. The molecular formula is C13H16N2. The third-order valence-corrected chi connectivity index (χ3v) is 4.24. The smallest absolute Gasteiger partial charge is 0.150 e. The van der Waals surface area contributed by atoms with E-state index in [1.54, 1.807) is 6.08 Å². The fourth-order valence-corrected chi connectivity index (χ4v) is 3.51. The van der Waals surface area contributed by atoms with E-state index in [4.69, 9.17) is 0 Å². The van der Waals surface area contributed by atoms with Crippen LogP contribution in [0.3, 0.4) is 0 Å². The summed E-state index contributed by atoms with van der Waals surface area (Å²) < 4.78 is 0. The zero-order chi connectivity index (χ0) is 10.9. The van der Waals surface area contributed by atoms with Gasteiger partial charge in [-0.3, -0.25) is 0 Å². The van der Waals surface area contributed by atoms with Gasteiger partial charge in [-0.05, 0) is 43.4 Å². The lowest BCUT2D eigenvalue weighted by molar-refractivity contribution is 0.214. The molecule has 0 radical (unpaired) electrons. The highest BCUT2D eigenvalue weighted by atomic mass is 14.5. The highest BCUT2D eigenvalue weighted by Crippen LogP contribution is 2.55. The van der Waals surface area contributed by atoms with Gasteiger partial charge >= 0.3 is 0 Å². The Kier molecular flexibility index (Phi) is 2.53. The van der Waals surface area contributed by atoms with Crippen molar-refractivity contribution in [2.45, 2.75) is 32.1 Å². The van der Waals surface area contributed by atoms with Crippen LogP contribution in [-0.2, 0) is 0 Å². The Hall–Kier alpha value is -1.28. The number of nitrogens with zero attached hydrogens (tertiary/aromatic N) is 2. The van der Waals surface area contributed by atoms with E-state index in [0.29, 0.717) is 18.3 Å². The number of rotatable bonds is 3. The highest BCUT2D eigenvalue weighted by molar-refractivity contribution is 5.21. The van der Waals surface area contributed by atoms with Crippen LogP contribution in [0.15, 0.2) is 12.7 Å². The van der Waals surface area contributed by atoms with Crippen LogP contribution in [0.4, 0.5) is 0 Å². The van der Waals surface area contributed by atoms with E-state index in [2.05, 4.69) is 18.7 Å². The van der Waals surface area contributed by atoms with Crippen molar-refractivity contribution in [3.8, 4) is 12.1 Å². The maximum Gasteiger partial charge on any atom is 0.150 e. The summed E-state index contributed by atoms with van der Waals surface area (Å²) in [6.07, 6.45) is 7.10. The first-order valence-corrected chi connectivity index (χ1v) is 5.69. The van der Waals surface area contributed by atoms with Crippen LogP contribution in [0.5, 0.6) is 0 Å². The minimum Gasteiger partial charge on any atom is -0.197 e. The van der Waals surface area contributed by atoms with E-state index >= 15 is 0 Å². The van der Waals surface area contributed by atoms with Gasteiger partial charge in [-0.2, -0.15) is 10.5 Å². The second kappa shape index (κ2) is 3.70. The van der Waals surface area contributed by atoms with Gasteiger partial charge in [0.1, 0.15) is 5.41 Å². The van der Waals surface area contributed by atoms with Crippen LogP contribution in [0, 0.1) is 45.8 Å². The van der Waals surface area contributed by atoms with Gasteiger partial charge in [0.25, 0.3) is 0 Å². The molecule has 2 aliphatic carbocycles. The maximum absolute atomic E-state index is 9.28. The van der Waals surface area contributed by atoms with E-state index in [0.717, 1.165) is 12.3 Å². The molecule has 15 heavy (non-hydrogen) atoms. The Morgan fingerprint density at radius 2 is 2.00 bits per heavy atom. The minimum absolute atomic E-state index is 0.296. The molecule has 0 amide bonds. The second-order valence-electron chi connectivity index (χ2n) is 4.97. The molecule has 0 aromatic rings. The van der Waals surface area contributed by atoms with E-state index < -0.39 is 5.41 Å². The van der Waals surface area contributed by atoms with Crippen LogP contribution < -0.4 is 0 Å². The maximum atomic E-state index is 9.28. The molecule has 0 aromatic carbocycles. The molecule has 0 N–H and O–H groups in total. The lowest BCUT2D eigenvalue weighted by Crippen LogP contribution is -2.31. The van der Waals surface area contributed by atoms with Crippen molar-refractivity contribution in [3.05, 3.63) is 12.7 Å². The van der Waals surface area contributed by atoms with Crippen molar-refractivity contribution < 1.29 is 0 Å². The number of allylic oxidation sites excluding steroid dienone is 1. The molecule has 0 heterocycles. The molecule has 0 aliphatic heterocycles. The fourth-order valence-electron chi connectivity index (χ4n) is 3.51. The van der Waals surface area contributed by atoms with Crippen LogP contribution in [0.25, 0.3) is 0 Å². The van der Waals surface area contributed by atoms with Crippen LogP contribution in [-0.4, -0.2) is 0 Å². The van der Waals surface area contributed by atoms with Crippen molar-refractivity contribution in [1.29, 1.82) is 10.5 Å². The van der Waals surface area contributed by atoms with Crippen molar-refractivity contribution >= 4 is 0 Å². The molecule has 3 atom stereocenters. The van der Waals surface area contributed by atoms with Gasteiger partial charge in [-0.25, -0.2) is 0 Å². The molecule has 0 spiro atoms. The van der Waals surface area contributed by atoms with E-state index in [1.165, 1.54) is 19.3 Å². The zero-order valence-corrected chi connectivity index (χ0v) is 8.95. The lowest BCUT2D eigenvalue weighted by atomic mass is 9.68. The molecule has 2 rings (SSSR count). The first-order chi connectivity index (χ1) is 7.25. The van der Waals surface area contributed by atoms with Crippen LogP contribution in [0.1, 0.15) is 32.1 Å². The molecule has 78 valence electrons. The molecule has 3 unspecified atom stereocenters. The predicted molar refractivity (Wildman–Crippen MR) is 57.4 cm³/mol. The van der Waals surface area contributed by atoms with Crippen molar-refractivity contribution in [1.82, 2.24) is 0 Å². The third kappa shape index (κ3) is 1.45. The first-order valence-electron chi connectivity index (χ1n) is 5.69. The standard InChI is InChI=1S/C13H16N2/c1-2-5-13(8-14,9-15)12-7-10-3-4-11(12)6-10/h2,10-12H,1,3-7H2. The molecule has 2 bridgehead atoms. The molecular weight excluding hydrogens is 184 g/mol. The lowest BCUT2D eigenvalue weighted by Gasteiger charge is -2.31. The summed E-state index contributed by atoms with van der Waals surface area (Å²) in [7, 11) is 0. The molecule has 2 aliphatic rings. The van der Waals surface area contributed by atoms with Gasteiger partial charge < -0.3 is 0 Å². The number of hydrogen-bond acceptors (Lipinski definition) is 2. The summed E-state index contributed by atoms with van der Waals surface area (Å²) in [5.41, 5.74) is -0.790. The Bertz CT molecular complexity index is 331. The topological polar surface area (TPSA) is 47.6 Å². The summed E-state index contributed by atoms with van der Waals surface area (Å²) in [6.45, 7) is 3.67. The normalized spacial score (nSPS) is 33.3. The number of fused-ring (bicyclic) bond motifs is 2. The van der Waals surface area contributed by atoms with E-state index in [-0.39, 0.29) is 0 Å². The van der Waals surface area contributed by atoms with E-state index in [9.17, 15) is 10.5 Å². The molecule has 0 saturated heterocycles. The molecule has 2 nitrogen and oxygen atoms in total. The second-order valence-corrected chi connectivity index (χ2v) is 4.97. The molecule has 2 fully saturated rings. The average molecular weight is 200 g/mol. The van der Waals surface area contributed by atoms with Gasteiger partial charge in [0.05, 0.1) is 12.1 Å². The summed E-state index contributed by atoms with van der Waals surface area (Å²) in [5, 5.41) is 18.6. The van der Waals surface area contributed by atoms with Crippen molar-refractivity contribution in [3.63, 3.8) is 0 Å². The Labute approximate surface area is 91.2 Å². The molecule has 0 aromatic heterocycles. The van der Waals surface area contributed by atoms with E-state index in [1.807, 2.05) is 0 Å². The van der Waals surface area contributed by atoms with Gasteiger partial charge in [0.2, 0.25) is 0 Å². The average Bonchev–Trinajstić information content (AvgIpc) is 2.88. The quantitative estimate of drug-likeness (QED) is 0.657. The molecule has 2 heteroatoms. The number of nitriles is 2. The Morgan fingerprint density at radius 3 is 2.40 bits per heavy atom. The van der Waals surface area contributed by atoms with Gasteiger partial charge in [-0.1, -0.05) is 12.5 Å². The first kappa shape index (κ1) is 10.2. The SMILES string of the molecule is C=CCC(C#N)(C#N)C1CC2CCC1C2. The van der Waals surface area contributed by atoms with Gasteiger partial charge in [0.15, 0.2) is 0 Å². The third-order valence-electron chi connectivity index (χ3n) is 4.24. The summed E-state index contributed by atoms with van der Waals surface area (Å²) in [6, 6.07) is 4.52. The minimum atomic E-state index is -0.790. The van der Waals surface area contributed by atoms with Gasteiger partial charge in [-0.15, -0.1) is 6.58 Å². The Morgan fingerprint density at radius 1 is 1.27 bits per heavy atom. The van der Waals surface area contributed by atoms with Crippen molar-refractivity contribution in [2.24, 2.45) is 23.2 Å². The van der Waals surface area contributed by atoms with Crippen LogP contribution >= 0.6 is 0 Å². The largest absolute Gasteiger partial charge is 0.197 e. The zero-order valence-electron chi connectivity index (χ0n) is 8.95. The monoisotopic (exact) mass is 200 g/mol. The fraction of sp³-hybridized carbons (Fsp3) is 0.692. The van der Waals surface area contributed by atoms with Crippen molar-refractivity contribution in [2.75, 3.05) is 0 Å².